The zero-order chi connectivity index (χ0) is 17.9. The molecule has 1 aliphatic rings. The van der Waals surface area contributed by atoms with Crippen LogP contribution in [0, 0.1) is 0 Å². The van der Waals surface area contributed by atoms with Crippen LogP contribution in [0.15, 0.2) is 71.7 Å². The molecule has 0 spiro atoms. The lowest BCUT2D eigenvalue weighted by molar-refractivity contribution is 0.458. The van der Waals surface area contributed by atoms with E-state index in [0.717, 1.165) is 37.2 Å². The molecule has 0 fully saturated rings. The highest BCUT2D eigenvalue weighted by molar-refractivity contribution is 6.32. The first-order valence-corrected chi connectivity index (χ1v) is 9.28. The van der Waals surface area contributed by atoms with E-state index in [0.29, 0.717) is 0 Å². The maximum atomic E-state index is 12.7. The minimum atomic E-state index is 0.0829. The molecular weight excluding hydrogens is 319 g/mol. The second kappa shape index (κ2) is 7.34. The van der Waals surface area contributed by atoms with Crippen molar-refractivity contribution in [1.82, 2.24) is 9.88 Å². The fourth-order valence-electron chi connectivity index (χ4n) is 3.76. The number of fused-ring (bicyclic) bond motifs is 1. The first-order valence-electron chi connectivity index (χ1n) is 9.28. The van der Waals surface area contributed by atoms with Crippen LogP contribution in [-0.2, 0) is 19.4 Å². The third kappa shape index (κ3) is 3.51. The SMILES string of the molecule is Bc1cccc(C2NCCn3cc(CCc4ccccc4)c(=O)cc32)c1. The van der Waals surface area contributed by atoms with Gasteiger partial charge in [0, 0.05) is 36.6 Å². The van der Waals surface area contributed by atoms with Crippen molar-refractivity contribution >= 4 is 13.3 Å². The fraction of sp³-hybridized carbons (Fsp3) is 0.227. The molecule has 2 heterocycles. The molecule has 1 aliphatic heterocycles. The van der Waals surface area contributed by atoms with E-state index in [1.807, 2.05) is 24.3 Å². The maximum absolute atomic E-state index is 12.7. The van der Waals surface area contributed by atoms with E-state index in [2.05, 4.69) is 60.3 Å². The Balaban J connectivity index is 1.63. The highest BCUT2D eigenvalue weighted by Crippen LogP contribution is 2.23. The van der Waals surface area contributed by atoms with Gasteiger partial charge in [-0.25, -0.2) is 0 Å². The van der Waals surface area contributed by atoms with E-state index >= 15 is 0 Å². The van der Waals surface area contributed by atoms with E-state index in [1.165, 1.54) is 16.6 Å². The Morgan fingerprint density at radius 2 is 1.88 bits per heavy atom. The Hall–Kier alpha value is -2.59. The number of pyridine rings is 1. The lowest BCUT2D eigenvalue weighted by atomic mass is 9.91. The van der Waals surface area contributed by atoms with Gasteiger partial charge in [0.05, 0.1) is 6.04 Å². The van der Waals surface area contributed by atoms with Crippen LogP contribution in [0.2, 0.25) is 0 Å². The Bertz CT molecular complexity index is 965. The molecule has 1 aromatic heterocycles. The predicted octanol–water partition coefficient (Wildman–Crippen LogP) is 1.58. The van der Waals surface area contributed by atoms with Gasteiger partial charge in [0.15, 0.2) is 5.43 Å². The van der Waals surface area contributed by atoms with Crippen molar-refractivity contribution in [2.45, 2.75) is 25.4 Å². The molecule has 3 nitrogen and oxygen atoms in total. The van der Waals surface area contributed by atoms with Crippen LogP contribution in [0.1, 0.15) is 28.4 Å². The highest BCUT2D eigenvalue weighted by atomic mass is 16.1. The monoisotopic (exact) mass is 342 g/mol. The van der Waals surface area contributed by atoms with Crippen LogP contribution in [0.4, 0.5) is 0 Å². The zero-order valence-corrected chi connectivity index (χ0v) is 15.1. The number of nitrogens with one attached hydrogen (secondary N) is 1. The van der Waals surface area contributed by atoms with Gasteiger partial charge in [-0.1, -0.05) is 60.1 Å². The number of rotatable bonds is 4. The molecule has 1 unspecified atom stereocenters. The topological polar surface area (TPSA) is 34.0 Å². The summed E-state index contributed by atoms with van der Waals surface area (Å²) in [6, 6.07) is 20.8. The van der Waals surface area contributed by atoms with Gasteiger partial charge in [-0.3, -0.25) is 4.79 Å². The smallest absolute Gasteiger partial charge is 0.185 e. The fourth-order valence-corrected chi connectivity index (χ4v) is 3.76. The van der Waals surface area contributed by atoms with Crippen LogP contribution in [0.5, 0.6) is 0 Å². The molecule has 26 heavy (non-hydrogen) atoms. The molecule has 4 heteroatoms. The Kier molecular flexibility index (Phi) is 4.76. The summed E-state index contributed by atoms with van der Waals surface area (Å²) in [5.74, 6) is 0. The summed E-state index contributed by atoms with van der Waals surface area (Å²) in [6.07, 6.45) is 3.75. The lowest BCUT2D eigenvalue weighted by Crippen LogP contribution is -2.36. The highest BCUT2D eigenvalue weighted by Gasteiger charge is 2.22. The standard InChI is InChI=1S/C22H23BN2O/c23-19-8-4-7-17(13-19)22-20-14-21(26)18(15-25(20)12-11-24-22)10-9-16-5-2-1-3-6-16/h1-8,13-15,22,24H,9-12,23H2. The van der Waals surface area contributed by atoms with Crippen LogP contribution in [0.25, 0.3) is 0 Å². The van der Waals surface area contributed by atoms with Gasteiger partial charge in [-0.15, -0.1) is 0 Å². The molecule has 0 saturated carbocycles. The predicted molar refractivity (Wildman–Crippen MR) is 109 cm³/mol. The van der Waals surface area contributed by atoms with E-state index in [9.17, 15) is 4.79 Å². The van der Waals surface area contributed by atoms with E-state index in [1.54, 1.807) is 0 Å². The summed E-state index contributed by atoms with van der Waals surface area (Å²) in [5, 5.41) is 3.56. The summed E-state index contributed by atoms with van der Waals surface area (Å²) in [4.78, 5) is 12.7. The summed E-state index contributed by atoms with van der Waals surface area (Å²) < 4.78 is 2.26. The van der Waals surface area contributed by atoms with E-state index in [4.69, 9.17) is 0 Å². The van der Waals surface area contributed by atoms with Crippen molar-refractivity contribution < 1.29 is 0 Å². The largest absolute Gasteiger partial charge is 0.348 e. The van der Waals surface area contributed by atoms with Gasteiger partial charge in [0.2, 0.25) is 0 Å². The third-order valence-corrected chi connectivity index (χ3v) is 5.14. The van der Waals surface area contributed by atoms with Gasteiger partial charge in [0.1, 0.15) is 7.85 Å². The van der Waals surface area contributed by atoms with Crippen LogP contribution in [-0.4, -0.2) is 19.0 Å². The van der Waals surface area contributed by atoms with Crippen molar-refractivity contribution in [3.63, 3.8) is 0 Å². The second-order valence-corrected chi connectivity index (χ2v) is 7.07. The van der Waals surface area contributed by atoms with Gasteiger partial charge >= 0.3 is 0 Å². The lowest BCUT2D eigenvalue weighted by Gasteiger charge is -2.29. The quantitative estimate of drug-likeness (QED) is 0.731. The third-order valence-electron chi connectivity index (χ3n) is 5.14. The molecule has 2 aromatic carbocycles. The summed E-state index contributed by atoms with van der Waals surface area (Å²) >= 11 is 0. The van der Waals surface area contributed by atoms with Crippen molar-refractivity contribution in [2.24, 2.45) is 0 Å². The number of aromatic nitrogens is 1. The average molecular weight is 342 g/mol. The molecule has 0 aliphatic carbocycles. The number of hydrogen-bond acceptors (Lipinski definition) is 2. The molecule has 0 amide bonds. The minimum Gasteiger partial charge on any atom is -0.348 e. The number of nitrogens with zero attached hydrogens (tertiary/aromatic N) is 1. The summed E-state index contributed by atoms with van der Waals surface area (Å²) in [5.41, 5.74) is 5.85. The van der Waals surface area contributed by atoms with Gasteiger partial charge < -0.3 is 9.88 Å². The van der Waals surface area contributed by atoms with Gasteiger partial charge in [-0.2, -0.15) is 0 Å². The Labute approximate surface area is 155 Å². The first kappa shape index (κ1) is 16.9. The molecule has 0 saturated heterocycles. The molecule has 4 rings (SSSR count). The summed E-state index contributed by atoms with van der Waals surface area (Å²) in [6.45, 7) is 1.81. The normalized spacial score (nSPS) is 16.2. The van der Waals surface area contributed by atoms with Crippen molar-refractivity contribution in [1.29, 1.82) is 0 Å². The molecule has 3 aromatic rings. The van der Waals surface area contributed by atoms with Crippen molar-refractivity contribution in [2.75, 3.05) is 6.54 Å². The van der Waals surface area contributed by atoms with E-state index in [-0.39, 0.29) is 11.5 Å². The maximum Gasteiger partial charge on any atom is 0.185 e. The van der Waals surface area contributed by atoms with Gasteiger partial charge in [-0.05, 0) is 24.0 Å². The Morgan fingerprint density at radius 1 is 1.04 bits per heavy atom. The van der Waals surface area contributed by atoms with Crippen molar-refractivity contribution in [3.05, 3.63) is 99.5 Å². The van der Waals surface area contributed by atoms with E-state index < -0.39 is 0 Å². The Morgan fingerprint density at radius 3 is 2.69 bits per heavy atom. The average Bonchev–Trinajstić information content (AvgIpc) is 2.67. The second-order valence-electron chi connectivity index (χ2n) is 7.07. The van der Waals surface area contributed by atoms with Crippen LogP contribution < -0.4 is 16.2 Å². The first-order chi connectivity index (χ1) is 12.7. The number of aryl methyl sites for hydroxylation is 2. The summed E-state index contributed by atoms with van der Waals surface area (Å²) in [7, 11) is 2.10. The molecule has 1 N–H and O–H groups in total. The van der Waals surface area contributed by atoms with Crippen molar-refractivity contribution in [3.8, 4) is 0 Å². The molecule has 0 radical (unpaired) electrons. The molecule has 0 bridgehead atoms. The molecule has 130 valence electrons. The zero-order valence-electron chi connectivity index (χ0n) is 15.1. The molecule has 1 atom stereocenters. The number of benzene rings is 2. The van der Waals surface area contributed by atoms with Crippen LogP contribution in [0.3, 0.4) is 0 Å². The minimum absolute atomic E-state index is 0.0829. The molecular formula is C22H23BN2O. The van der Waals surface area contributed by atoms with Gasteiger partial charge in [0.25, 0.3) is 0 Å². The van der Waals surface area contributed by atoms with Crippen LogP contribution >= 0.6 is 0 Å². The number of hydrogen-bond donors (Lipinski definition) is 1.